The molecule has 0 saturated heterocycles. The molecule has 0 rings (SSSR count). The highest BCUT2D eigenvalue weighted by Gasteiger charge is 2.20. The highest BCUT2D eigenvalue weighted by molar-refractivity contribution is 5.76. The van der Waals surface area contributed by atoms with Crippen molar-refractivity contribution in [2.45, 2.75) is 353 Å². The van der Waals surface area contributed by atoms with E-state index in [0.29, 0.717) is 25.9 Å². The first-order chi connectivity index (χ1) is 35.0. The van der Waals surface area contributed by atoms with Crippen LogP contribution in [-0.2, 0) is 14.3 Å². The van der Waals surface area contributed by atoms with E-state index in [1.165, 1.54) is 257 Å². The minimum absolute atomic E-state index is 0.00448. The van der Waals surface area contributed by atoms with Gasteiger partial charge in [-0.3, -0.25) is 9.59 Å². The Morgan fingerprint density at radius 2 is 0.718 bits per heavy atom. The van der Waals surface area contributed by atoms with E-state index in [1.807, 2.05) is 0 Å². The second-order valence-corrected chi connectivity index (χ2v) is 21.7. The molecule has 1 amide bonds. The molecule has 0 aromatic carbocycles. The largest absolute Gasteiger partial charge is 0.466 e. The third-order valence-electron chi connectivity index (χ3n) is 14.7. The number of ether oxygens (including phenoxy) is 1. The van der Waals surface area contributed by atoms with E-state index in [2.05, 4.69) is 55.6 Å². The molecule has 71 heavy (non-hydrogen) atoms. The maximum Gasteiger partial charge on any atom is 0.305 e. The van der Waals surface area contributed by atoms with Crippen molar-refractivity contribution >= 4 is 11.9 Å². The lowest BCUT2D eigenvalue weighted by Crippen LogP contribution is -2.45. The summed E-state index contributed by atoms with van der Waals surface area (Å²) < 4.78 is 5.47. The highest BCUT2D eigenvalue weighted by Crippen LogP contribution is 2.18. The molecular weight excluding hydrogens is 875 g/mol. The van der Waals surface area contributed by atoms with E-state index < -0.39 is 12.1 Å². The van der Waals surface area contributed by atoms with Gasteiger partial charge in [0.1, 0.15) is 0 Å². The van der Waals surface area contributed by atoms with Gasteiger partial charge in [-0.25, -0.2) is 0 Å². The predicted molar refractivity (Wildman–Crippen MR) is 310 cm³/mol. The van der Waals surface area contributed by atoms with E-state index in [1.54, 1.807) is 0 Å². The van der Waals surface area contributed by atoms with Crippen LogP contribution in [0.5, 0.6) is 0 Å². The van der Waals surface area contributed by atoms with Crippen LogP contribution in [0.1, 0.15) is 341 Å². The lowest BCUT2D eigenvalue weighted by molar-refractivity contribution is -0.143. The molecule has 0 fully saturated rings. The Morgan fingerprint density at radius 1 is 0.394 bits per heavy atom. The summed E-state index contributed by atoms with van der Waals surface area (Å²) in [6.07, 6.45) is 75.8. The van der Waals surface area contributed by atoms with Gasteiger partial charge in [-0.2, -0.15) is 0 Å². The summed E-state index contributed by atoms with van der Waals surface area (Å²) in [5, 5.41) is 23.3. The number of nitrogens with one attached hydrogen (secondary N) is 1. The molecule has 0 radical (unpaired) electrons. The molecule has 6 nitrogen and oxygen atoms in total. The number of aliphatic hydroxyl groups excluding tert-OH is 2. The third-order valence-corrected chi connectivity index (χ3v) is 14.7. The zero-order valence-electron chi connectivity index (χ0n) is 47.7. The molecule has 3 N–H and O–H groups in total. The second-order valence-electron chi connectivity index (χ2n) is 21.7. The van der Waals surface area contributed by atoms with Crippen molar-refractivity contribution in [3.8, 4) is 0 Å². The van der Waals surface area contributed by atoms with Gasteiger partial charge >= 0.3 is 5.97 Å². The van der Waals surface area contributed by atoms with Crippen LogP contribution in [0.2, 0.25) is 0 Å². The molecule has 0 aliphatic rings. The van der Waals surface area contributed by atoms with Crippen LogP contribution >= 0.6 is 0 Å². The predicted octanol–water partition coefficient (Wildman–Crippen LogP) is 20.0. The molecule has 0 aliphatic heterocycles. The number of amides is 1. The van der Waals surface area contributed by atoms with E-state index in [9.17, 15) is 19.8 Å². The maximum atomic E-state index is 12.5. The molecule has 2 atom stereocenters. The van der Waals surface area contributed by atoms with Crippen molar-refractivity contribution in [3.63, 3.8) is 0 Å². The molecule has 0 saturated carbocycles. The fraction of sp³-hybridized carbons (Fsp3) is 0.877. The van der Waals surface area contributed by atoms with Crippen molar-refractivity contribution in [1.82, 2.24) is 5.32 Å². The summed E-state index contributed by atoms with van der Waals surface area (Å²) in [5.41, 5.74) is 0. The van der Waals surface area contributed by atoms with Gasteiger partial charge in [0, 0.05) is 12.8 Å². The monoisotopic (exact) mass is 998 g/mol. The van der Waals surface area contributed by atoms with Crippen LogP contribution in [0.3, 0.4) is 0 Å². The zero-order chi connectivity index (χ0) is 51.4. The summed E-state index contributed by atoms with van der Waals surface area (Å²) >= 11 is 0. The molecule has 0 aromatic rings. The summed E-state index contributed by atoms with van der Waals surface area (Å²) in [7, 11) is 0. The Balaban J connectivity index is 3.43. The molecule has 2 unspecified atom stereocenters. The summed E-state index contributed by atoms with van der Waals surface area (Å²) in [4.78, 5) is 24.5. The quantitative estimate of drug-likeness (QED) is 0.0321. The SMILES string of the molecule is CCCC/C=C\C/C=C\CCCCCCCC(=O)OCCCCCCCCCCCCC/C=C\CCCCCCCCCC(=O)NC(CO)C(O)CCCCCCCCCCCCCCCCCCCC. The van der Waals surface area contributed by atoms with Gasteiger partial charge < -0.3 is 20.3 Å². The number of allylic oxidation sites excluding steroid dienone is 6. The fourth-order valence-electron chi connectivity index (χ4n) is 9.77. The van der Waals surface area contributed by atoms with Gasteiger partial charge in [-0.1, -0.05) is 288 Å². The first-order valence-electron chi connectivity index (χ1n) is 31.7. The lowest BCUT2D eigenvalue weighted by atomic mass is 10.0. The molecule has 0 bridgehead atoms. The minimum atomic E-state index is -0.670. The Hall–Kier alpha value is -1.92. The third kappa shape index (κ3) is 57.2. The number of carbonyl (C=O) groups excluding carboxylic acids is 2. The molecule has 418 valence electrons. The summed E-state index contributed by atoms with van der Waals surface area (Å²) in [6.45, 7) is 4.92. The fourth-order valence-corrected chi connectivity index (χ4v) is 9.77. The first-order valence-corrected chi connectivity index (χ1v) is 31.7. The highest BCUT2D eigenvalue weighted by atomic mass is 16.5. The van der Waals surface area contributed by atoms with Crippen LogP contribution in [0, 0.1) is 0 Å². The van der Waals surface area contributed by atoms with Crippen molar-refractivity contribution in [2.24, 2.45) is 0 Å². The zero-order valence-corrected chi connectivity index (χ0v) is 47.7. The van der Waals surface area contributed by atoms with Crippen LogP contribution in [-0.4, -0.2) is 47.4 Å². The molecule has 0 aromatic heterocycles. The Bertz CT molecular complexity index is 1150. The van der Waals surface area contributed by atoms with Crippen molar-refractivity contribution < 1.29 is 24.5 Å². The second kappa shape index (κ2) is 60.6. The van der Waals surface area contributed by atoms with Gasteiger partial charge in [0.25, 0.3) is 0 Å². The van der Waals surface area contributed by atoms with E-state index in [4.69, 9.17) is 4.74 Å². The summed E-state index contributed by atoms with van der Waals surface area (Å²) in [5.74, 6) is -0.0443. The number of hydrogen-bond donors (Lipinski definition) is 3. The van der Waals surface area contributed by atoms with Crippen LogP contribution < -0.4 is 5.32 Å². The average Bonchev–Trinajstić information content (AvgIpc) is 3.37. The van der Waals surface area contributed by atoms with Gasteiger partial charge in [0.2, 0.25) is 5.91 Å². The number of unbranched alkanes of at least 4 members (excludes halogenated alkanes) is 42. The van der Waals surface area contributed by atoms with Crippen molar-refractivity contribution in [3.05, 3.63) is 36.5 Å². The van der Waals surface area contributed by atoms with Crippen LogP contribution in [0.25, 0.3) is 0 Å². The average molecular weight is 999 g/mol. The van der Waals surface area contributed by atoms with Crippen LogP contribution in [0.4, 0.5) is 0 Å². The van der Waals surface area contributed by atoms with Crippen molar-refractivity contribution in [1.29, 1.82) is 0 Å². The van der Waals surface area contributed by atoms with Crippen molar-refractivity contribution in [2.75, 3.05) is 13.2 Å². The Morgan fingerprint density at radius 3 is 1.13 bits per heavy atom. The molecule has 0 aliphatic carbocycles. The van der Waals surface area contributed by atoms with Gasteiger partial charge in [-0.05, 0) is 77.0 Å². The lowest BCUT2D eigenvalue weighted by Gasteiger charge is -2.22. The number of carbonyl (C=O) groups is 2. The Labute approximate surface area is 443 Å². The molecule has 0 spiro atoms. The van der Waals surface area contributed by atoms with Gasteiger partial charge in [-0.15, -0.1) is 0 Å². The summed E-state index contributed by atoms with van der Waals surface area (Å²) in [6, 6.07) is -0.547. The van der Waals surface area contributed by atoms with Crippen LogP contribution in [0.15, 0.2) is 36.5 Å². The minimum Gasteiger partial charge on any atom is -0.466 e. The number of esters is 1. The normalized spacial score (nSPS) is 12.8. The smallest absolute Gasteiger partial charge is 0.305 e. The molecular formula is C65H123NO5. The number of rotatable bonds is 59. The maximum absolute atomic E-state index is 12.5. The molecule has 6 heteroatoms. The standard InChI is InChI=1S/C65H123NO5/c1-3-5-7-9-11-13-15-17-19-20-27-30-33-37-41-45-49-53-57-63(68)62(61-67)66-64(69)58-54-50-46-42-38-34-31-28-25-23-21-22-24-26-29-32-36-40-44-48-52-56-60-71-65(70)59-55-51-47-43-39-35-18-16-14-12-10-8-6-4-2/h10,12,16,18,23,25,62-63,67-68H,3-9,11,13-15,17,19-22,24,26-61H2,1-2H3,(H,66,69)/b12-10-,18-16-,25-23-. The number of aliphatic hydroxyl groups is 2. The van der Waals surface area contributed by atoms with Gasteiger partial charge in [0.05, 0.1) is 25.4 Å². The van der Waals surface area contributed by atoms with E-state index >= 15 is 0 Å². The van der Waals surface area contributed by atoms with E-state index in [-0.39, 0.29) is 18.5 Å². The molecule has 0 heterocycles. The topological polar surface area (TPSA) is 95.9 Å². The van der Waals surface area contributed by atoms with Gasteiger partial charge in [0.15, 0.2) is 0 Å². The van der Waals surface area contributed by atoms with E-state index in [0.717, 1.165) is 51.4 Å². The number of hydrogen-bond acceptors (Lipinski definition) is 5. The first kappa shape index (κ1) is 69.1. The Kier molecular flexibility index (Phi) is 59.0.